The molecular formula is C29H22BrCl4N3O5S. The summed E-state index contributed by atoms with van der Waals surface area (Å²) in [7, 11) is -2.65. The molecular weight excluding hydrogens is 724 g/mol. The molecule has 0 spiro atoms. The second-order valence-corrected chi connectivity index (χ2v) is 13.1. The Morgan fingerprint density at radius 2 is 1.70 bits per heavy atom. The zero-order valence-electron chi connectivity index (χ0n) is 22.2. The Balaban J connectivity index is 1.50. The summed E-state index contributed by atoms with van der Waals surface area (Å²) in [5.74, 6) is 0.123. The minimum atomic E-state index is -4.14. The van der Waals surface area contributed by atoms with Crippen molar-refractivity contribution in [3.05, 3.63) is 115 Å². The highest BCUT2D eigenvalue weighted by atomic mass is 79.9. The van der Waals surface area contributed by atoms with Crippen LogP contribution in [0.3, 0.4) is 0 Å². The van der Waals surface area contributed by atoms with E-state index in [1.54, 1.807) is 48.5 Å². The van der Waals surface area contributed by atoms with Gasteiger partial charge in [0.2, 0.25) is 0 Å². The van der Waals surface area contributed by atoms with Gasteiger partial charge >= 0.3 is 0 Å². The van der Waals surface area contributed by atoms with Gasteiger partial charge in [-0.05, 0) is 76.1 Å². The molecule has 4 aromatic carbocycles. The molecule has 1 amide bonds. The van der Waals surface area contributed by atoms with Crippen molar-refractivity contribution in [1.29, 1.82) is 0 Å². The van der Waals surface area contributed by atoms with Crippen LogP contribution in [0.25, 0.3) is 0 Å². The van der Waals surface area contributed by atoms with E-state index in [1.165, 1.54) is 43.7 Å². The lowest BCUT2D eigenvalue weighted by Gasteiger charge is -2.24. The Labute approximate surface area is 277 Å². The summed E-state index contributed by atoms with van der Waals surface area (Å²) < 4.78 is 39.8. The SMILES string of the molecule is COc1cc(/C=N\NC(=O)CN(c2ccc(Cl)c(Cl)c2)S(=O)(=O)c2ccccc2)cc(Br)c1OCc1ccc(Cl)cc1Cl. The summed E-state index contributed by atoms with van der Waals surface area (Å²) in [6.45, 7) is -0.421. The predicted molar refractivity (Wildman–Crippen MR) is 175 cm³/mol. The van der Waals surface area contributed by atoms with Crippen LogP contribution in [0.4, 0.5) is 5.69 Å². The Hall–Kier alpha value is -2.99. The van der Waals surface area contributed by atoms with Crippen LogP contribution in [0.15, 0.2) is 93.3 Å². The Morgan fingerprint density at radius 3 is 2.37 bits per heavy atom. The number of methoxy groups -OCH3 is 1. The molecule has 0 atom stereocenters. The van der Waals surface area contributed by atoms with E-state index >= 15 is 0 Å². The third-order valence-corrected chi connectivity index (χ3v) is 9.55. The lowest BCUT2D eigenvalue weighted by molar-refractivity contribution is -0.119. The molecule has 224 valence electrons. The maximum Gasteiger partial charge on any atom is 0.264 e. The molecule has 0 aliphatic rings. The Bertz CT molecular complexity index is 1780. The lowest BCUT2D eigenvalue weighted by Crippen LogP contribution is -2.39. The van der Waals surface area contributed by atoms with Crippen LogP contribution in [0, 0.1) is 0 Å². The first kappa shape index (κ1) is 32.9. The van der Waals surface area contributed by atoms with Gasteiger partial charge in [-0.15, -0.1) is 0 Å². The number of rotatable bonds is 11. The zero-order valence-corrected chi connectivity index (χ0v) is 27.7. The fourth-order valence-electron chi connectivity index (χ4n) is 3.76. The van der Waals surface area contributed by atoms with Gasteiger partial charge in [0.25, 0.3) is 15.9 Å². The van der Waals surface area contributed by atoms with Gasteiger partial charge in [-0.2, -0.15) is 5.10 Å². The van der Waals surface area contributed by atoms with Crippen molar-refractivity contribution < 1.29 is 22.7 Å². The van der Waals surface area contributed by atoms with Crippen molar-refractivity contribution in [3.8, 4) is 11.5 Å². The van der Waals surface area contributed by atoms with Gasteiger partial charge in [-0.1, -0.05) is 70.7 Å². The van der Waals surface area contributed by atoms with Gasteiger partial charge in [0.1, 0.15) is 13.2 Å². The first-order valence-corrected chi connectivity index (χ1v) is 16.0. The first-order valence-electron chi connectivity index (χ1n) is 12.3. The number of carbonyl (C=O) groups is 1. The molecule has 1 N–H and O–H groups in total. The molecule has 0 aliphatic heterocycles. The average Bonchev–Trinajstić information content (AvgIpc) is 2.98. The number of amides is 1. The van der Waals surface area contributed by atoms with E-state index in [0.717, 1.165) is 9.87 Å². The first-order chi connectivity index (χ1) is 20.5. The Morgan fingerprint density at radius 1 is 0.953 bits per heavy atom. The molecule has 43 heavy (non-hydrogen) atoms. The highest BCUT2D eigenvalue weighted by molar-refractivity contribution is 9.10. The number of hydrazone groups is 1. The van der Waals surface area contributed by atoms with Crippen molar-refractivity contribution in [1.82, 2.24) is 5.43 Å². The number of halogens is 5. The molecule has 0 heterocycles. The van der Waals surface area contributed by atoms with Crippen LogP contribution >= 0.6 is 62.3 Å². The number of nitrogens with one attached hydrogen (secondary N) is 1. The van der Waals surface area contributed by atoms with Crippen molar-refractivity contribution in [3.63, 3.8) is 0 Å². The van der Waals surface area contributed by atoms with Crippen LogP contribution in [-0.2, 0) is 21.4 Å². The van der Waals surface area contributed by atoms with E-state index in [-0.39, 0.29) is 27.2 Å². The molecule has 14 heteroatoms. The average molecular weight is 746 g/mol. The smallest absolute Gasteiger partial charge is 0.264 e. The molecule has 0 unspecified atom stereocenters. The molecule has 8 nitrogen and oxygen atoms in total. The molecule has 0 fully saturated rings. The van der Waals surface area contributed by atoms with E-state index in [0.29, 0.717) is 31.6 Å². The number of hydrogen-bond donors (Lipinski definition) is 1. The monoisotopic (exact) mass is 743 g/mol. The summed E-state index contributed by atoms with van der Waals surface area (Å²) in [5.41, 5.74) is 3.81. The second kappa shape index (κ2) is 14.7. The van der Waals surface area contributed by atoms with Crippen molar-refractivity contribution >= 4 is 90.2 Å². The van der Waals surface area contributed by atoms with Crippen LogP contribution in [-0.4, -0.2) is 34.2 Å². The van der Waals surface area contributed by atoms with Crippen LogP contribution in [0.5, 0.6) is 11.5 Å². The van der Waals surface area contributed by atoms with Gasteiger partial charge in [-0.25, -0.2) is 13.8 Å². The van der Waals surface area contributed by atoms with Gasteiger partial charge in [0, 0.05) is 15.6 Å². The summed E-state index contributed by atoms with van der Waals surface area (Å²) in [6.07, 6.45) is 1.38. The maximum atomic E-state index is 13.5. The molecule has 0 saturated carbocycles. The van der Waals surface area contributed by atoms with E-state index in [4.69, 9.17) is 55.9 Å². The molecule has 4 aromatic rings. The molecule has 0 bridgehead atoms. The van der Waals surface area contributed by atoms with E-state index in [2.05, 4.69) is 26.5 Å². The minimum Gasteiger partial charge on any atom is -0.493 e. The van der Waals surface area contributed by atoms with Crippen LogP contribution < -0.4 is 19.2 Å². The Kier molecular flexibility index (Phi) is 11.2. The highest BCUT2D eigenvalue weighted by Crippen LogP contribution is 2.37. The molecule has 0 aromatic heterocycles. The van der Waals surface area contributed by atoms with Crippen LogP contribution in [0.1, 0.15) is 11.1 Å². The van der Waals surface area contributed by atoms with Gasteiger partial charge in [-0.3, -0.25) is 9.10 Å². The fourth-order valence-corrected chi connectivity index (χ4v) is 6.53. The highest BCUT2D eigenvalue weighted by Gasteiger charge is 2.27. The fraction of sp³-hybridized carbons (Fsp3) is 0.103. The summed E-state index contributed by atoms with van der Waals surface area (Å²) >= 11 is 27.8. The topological polar surface area (TPSA) is 97.3 Å². The summed E-state index contributed by atoms with van der Waals surface area (Å²) in [4.78, 5) is 12.9. The second-order valence-electron chi connectivity index (χ2n) is 8.77. The number of hydrogen-bond acceptors (Lipinski definition) is 6. The molecule has 0 saturated heterocycles. The third kappa shape index (κ3) is 8.35. The molecule has 0 aliphatic carbocycles. The lowest BCUT2D eigenvalue weighted by atomic mass is 10.2. The largest absolute Gasteiger partial charge is 0.493 e. The molecule has 0 radical (unpaired) electrons. The number of carbonyl (C=O) groups excluding carboxylic acids is 1. The summed E-state index contributed by atoms with van der Waals surface area (Å²) in [6, 6.07) is 20.5. The van der Waals surface area contributed by atoms with E-state index < -0.39 is 22.5 Å². The number of anilines is 1. The quantitative estimate of drug-likeness (QED) is 0.124. The van der Waals surface area contributed by atoms with E-state index in [9.17, 15) is 13.2 Å². The number of sulfonamides is 1. The van der Waals surface area contributed by atoms with Crippen molar-refractivity contribution in [2.24, 2.45) is 5.10 Å². The number of nitrogens with zero attached hydrogens (tertiary/aromatic N) is 2. The maximum absolute atomic E-state index is 13.5. The predicted octanol–water partition coefficient (Wildman–Crippen LogP) is 8.00. The van der Waals surface area contributed by atoms with Crippen LogP contribution in [0.2, 0.25) is 20.1 Å². The van der Waals surface area contributed by atoms with Gasteiger partial charge in [0.15, 0.2) is 11.5 Å². The van der Waals surface area contributed by atoms with Gasteiger partial charge in [0.05, 0.1) is 38.4 Å². The number of ether oxygens (including phenoxy) is 2. The van der Waals surface area contributed by atoms with Crippen molar-refractivity contribution in [2.75, 3.05) is 18.0 Å². The standard InChI is InChI=1S/C29H22BrCl4N3O5S/c1-41-27-12-18(11-23(30)29(27)42-17-19-7-8-20(31)13-25(19)33)15-35-36-28(38)16-37(21-9-10-24(32)26(34)14-21)43(39,40)22-5-3-2-4-6-22/h2-15H,16-17H2,1H3,(H,36,38)/b35-15-. The molecule has 4 rings (SSSR count). The zero-order chi connectivity index (χ0) is 31.1. The minimum absolute atomic E-state index is 0.00467. The third-order valence-electron chi connectivity index (χ3n) is 5.85. The van der Waals surface area contributed by atoms with E-state index in [1.807, 2.05) is 0 Å². The van der Waals surface area contributed by atoms with Gasteiger partial charge < -0.3 is 9.47 Å². The van der Waals surface area contributed by atoms with Crippen molar-refractivity contribution in [2.45, 2.75) is 11.5 Å². The summed E-state index contributed by atoms with van der Waals surface area (Å²) in [5, 5.41) is 5.35. The normalized spacial score (nSPS) is 11.4. The number of benzene rings is 4.